The molecule has 0 aromatic heterocycles. The van der Waals surface area contributed by atoms with E-state index in [2.05, 4.69) is 4.72 Å². The van der Waals surface area contributed by atoms with Gasteiger partial charge in [0, 0.05) is 17.3 Å². The number of nitro benzene ring substituents is 1. The topological polar surface area (TPSA) is 89.3 Å². The molecule has 0 aliphatic heterocycles. The maximum absolute atomic E-state index is 12.4. The van der Waals surface area contributed by atoms with Crippen LogP contribution in [-0.2, 0) is 10.0 Å². The summed E-state index contributed by atoms with van der Waals surface area (Å²) < 4.78 is 27.3. The predicted octanol–water partition coefficient (Wildman–Crippen LogP) is 3.83. The van der Waals surface area contributed by atoms with Crippen LogP contribution in [0, 0.1) is 17.0 Å². The number of anilines is 1. The number of sulfonamides is 1. The van der Waals surface area contributed by atoms with Crippen molar-refractivity contribution in [1.29, 1.82) is 0 Å². The van der Waals surface area contributed by atoms with Crippen molar-refractivity contribution in [3.05, 3.63) is 63.7 Å². The van der Waals surface area contributed by atoms with Crippen LogP contribution in [0.15, 0.2) is 47.4 Å². The summed E-state index contributed by atoms with van der Waals surface area (Å²) in [6.07, 6.45) is 0. The minimum Gasteiger partial charge on any atom is -0.280 e. The summed E-state index contributed by atoms with van der Waals surface area (Å²) in [6.45, 7) is 5.59. The van der Waals surface area contributed by atoms with E-state index < -0.39 is 14.9 Å². The van der Waals surface area contributed by atoms with Gasteiger partial charge in [0.1, 0.15) is 0 Å². The van der Waals surface area contributed by atoms with E-state index in [1.807, 2.05) is 19.9 Å². The number of hydrogen-bond donors (Lipinski definition) is 1. The Kier molecular flexibility index (Phi) is 4.70. The molecule has 0 unspecified atom stereocenters. The van der Waals surface area contributed by atoms with Gasteiger partial charge in [0.05, 0.1) is 9.82 Å². The second kappa shape index (κ2) is 6.37. The highest BCUT2D eigenvalue weighted by Gasteiger charge is 2.20. The van der Waals surface area contributed by atoms with Crippen LogP contribution in [0.25, 0.3) is 0 Å². The van der Waals surface area contributed by atoms with E-state index in [-0.39, 0.29) is 16.5 Å². The Morgan fingerprint density at radius 2 is 1.83 bits per heavy atom. The molecule has 7 heteroatoms. The fourth-order valence-corrected chi connectivity index (χ4v) is 3.20. The molecule has 0 heterocycles. The third-order valence-electron chi connectivity index (χ3n) is 3.49. The van der Waals surface area contributed by atoms with Crippen LogP contribution < -0.4 is 4.72 Å². The fourth-order valence-electron chi connectivity index (χ4n) is 2.13. The smallest absolute Gasteiger partial charge is 0.273 e. The van der Waals surface area contributed by atoms with Crippen molar-refractivity contribution in [1.82, 2.24) is 0 Å². The Labute approximate surface area is 135 Å². The van der Waals surface area contributed by atoms with Gasteiger partial charge in [-0.25, -0.2) is 8.42 Å². The van der Waals surface area contributed by atoms with Gasteiger partial charge in [-0.1, -0.05) is 32.0 Å². The zero-order valence-electron chi connectivity index (χ0n) is 13.1. The monoisotopic (exact) mass is 334 g/mol. The molecule has 0 bridgehead atoms. The molecule has 122 valence electrons. The number of nitrogens with zero attached hydrogens (tertiary/aromatic N) is 1. The molecule has 0 spiro atoms. The normalized spacial score (nSPS) is 11.5. The Bertz CT molecular complexity index is 845. The highest BCUT2D eigenvalue weighted by molar-refractivity contribution is 7.92. The largest absolute Gasteiger partial charge is 0.280 e. The first kappa shape index (κ1) is 17.0. The molecule has 0 aliphatic carbocycles. The number of benzene rings is 2. The summed E-state index contributed by atoms with van der Waals surface area (Å²) >= 11 is 0. The van der Waals surface area contributed by atoms with Crippen molar-refractivity contribution in [2.75, 3.05) is 4.72 Å². The maximum Gasteiger partial charge on any atom is 0.273 e. The summed E-state index contributed by atoms with van der Waals surface area (Å²) in [5.74, 6) is 0.264. The lowest BCUT2D eigenvalue weighted by Gasteiger charge is -2.11. The summed E-state index contributed by atoms with van der Waals surface area (Å²) in [4.78, 5) is 10.2. The zero-order valence-corrected chi connectivity index (χ0v) is 13.9. The van der Waals surface area contributed by atoms with Crippen molar-refractivity contribution in [3.8, 4) is 0 Å². The molecule has 0 aliphatic rings. The number of aryl methyl sites for hydroxylation is 1. The van der Waals surface area contributed by atoms with Gasteiger partial charge in [0.2, 0.25) is 0 Å². The predicted molar refractivity (Wildman–Crippen MR) is 89.2 cm³/mol. The van der Waals surface area contributed by atoms with Crippen molar-refractivity contribution >= 4 is 21.4 Å². The molecule has 6 nitrogen and oxygen atoms in total. The Morgan fingerprint density at radius 3 is 2.43 bits per heavy atom. The lowest BCUT2D eigenvalue weighted by atomic mass is 10.0. The minimum atomic E-state index is -3.88. The highest BCUT2D eigenvalue weighted by Crippen LogP contribution is 2.25. The number of hydrogen-bond acceptors (Lipinski definition) is 4. The molecule has 23 heavy (non-hydrogen) atoms. The first-order chi connectivity index (χ1) is 10.7. The zero-order chi connectivity index (χ0) is 17.2. The molecular weight excluding hydrogens is 316 g/mol. The van der Waals surface area contributed by atoms with E-state index in [4.69, 9.17) is 0 Å². The molecule has 2 rings (SSSR count). The molecule has 0 radical (unpaired) electrons. The van der Waals surface area contributed by atoms with E-state index in [1.54, 1.807) is 25.1 Å². The van der Waals surface area contributed by atoms with Gasteiger partial charge in [-0.3, -0.25) is 14.8 Å². The summed E-state index contributed by atoms with van der Waals surface area (Å²) in [6, 6.07) is 10.9. The summed E-state index contributed by atoms with van der Waals surface area (Å²) in [7, 11) is -3.88. The molecule has 0 fully saturated rings. The van der Waals surface area contributed by atoms with Crippen molar-refractivity contribution < 1.29 is 13.3 Å². The van der Waals surface area contributed by atoms with Gasteiger partial charge in [0.15, 0.2) is 0 Å². The van der Waals surface area contributed by atoms with Crippen LogP contribution >= 0.6 is 0 Å². The number of nitrogens with one attached hydrogen (secondary N) is 1. The van der Waals surface area contributed by atoms with Crippen LogP contribution in [-0.4, -0.2) is 13.3 Å². The van der Waals surface area contributed by atoms with Gasteiger partial charge in [-0.15, -0.1) is 0 Å². The minimum absolute atomic E-state index is 0.134. The van der Waals surface area contributed by atoms with Gasteiger partial charge >= 0.3 is 0 Å². The first-order valence-corrected chi connectivity index (χ1v) is 8.57. The Balaban J connectivity index is 2.38. The Morgan fingerprint density at radius 1 is 1.13 bits per heavy atom. The van der Waals surface area contributed by atoms with Crippen molar-refractivity contribution in [2.45, 2.75) is 31.6 Å². The summed E-state index contributed by atoms with van der Waals surface area (Å²) in [5, 5.41) is 11.0. The SMILES string of the molecule is Cc1ccc(S(=O)(=O)Nc2cccc(C(C)C)c2)cc1[N+](=O)[O-]. The molecule has 0 amide bonds. The fraction of sp³-hybridized carbons (Fsp3) is 0.250. The van der Waals surface area contributed by atoms with E-state index in [0.29, 0.717) is 11.3 Å². The summed E-state index contributed by atoms with van der Waals surface area (Å²) in [5.41, 5.74) is 1.62. The lowest BCUT2D eigenvalue weighted by Crippen LogP contribution is -2.13. The Hall–Kier alpha value is -2.41. The van der Waals surface area contributed by atoms with Gasteiger partial charge in [-0.2, -0.15) is 0 Å². The molecule has 2 aromatic rings. The van der Waals surface area contributed by atoms with E-state index in [0.717, 1.165) is 11.6 Å². The molecule has 0 atom stereocenters. The second-order valence-electron chi connectivity index (χ2n) is 5.59. The molecule has 2 aromatic carbocycles. The van der Waals surface area contributed by atoms with Crippen LogP contribution in [0.3, 0.4) is 0 Å². The van der Waals surface area contributed by atoms with Crippen LogP contribution in [0.4, 0.5) is 11.4 Å². The van der Waals surface area contributed by atoms with Crippen molar-refractivity contribution in [2.24, 2.45) is 0 Å². The number of nitro groups is 1. The van der Waals surface area contributed by atoms with E-state index >= 15 is 0 Å². The van der Waals surface area contributed by atoms with Gasteiger partial charge in [0.25, 0.3) is 15.7 Å². The lowest BCUT2D eigenvalue weighted by molar-refractivity contribution is -0.385. The molecule has 0 saturated carbocycles. The molecular formula is C16H18N2O4S. The average molecular weight is 334 g/mol. The van der Waals surface area contributed by atoms with Crippen LogP contribution in [0.1, 0.15) is 30.9 Å². The maximum atomic E-state index is 12.4. The van der Waals surface area contributed by atoms with Crippen LogP contribution in [0.2, 0.25) is 0 Å². The highest BCUT2D eigenvalue weighted by atomic mass is 32.2. The third-order valence-corrected chi connectivity index (χ3v) is 4.87. The number of rotatable bonds is 5. The van der Waals surface area contributed by atoms with E-state index in [9.17, 15) is 18.5 Å². The second-order valence-corrected chi connectivity index (χ2v) is 7.27. The standard InChI is InChI=1S/C16H18N2O4S/c1-11(2)13-5-4-6-14(9-13)17-23(21,22)15-8-7-12(3)16(10-15)18(19)20/h4-11,17H,1-3H3. The first-order valence-electron chi connectivity index (χ1n) is 7.08. The van der Waals surface area contributed by atoms with Crippen LogP contribution in [0.5, 0.6) is 0 Å². The van der Waals surface area contributed by atoms with Gasteiger partial charge in [-0.05, 0) is 36.6 Å². The van der Waals surface area contributed by atoms with Crippen molar-refractivity contribution in [3.63, 3.8) is 0 Å². The van der Waals surface area contributed by atoms with Gasteiger partial charge < -0.3 is 0 Å². The quantitative estimate of drug-likeness (QED) is 0.665. The average Bonchev–Trinajstić information content (AvgIpc) is 2.46. The van der Waals surface area contributed by atoms with E-state index in [1.165, 1.54) is 12.1 Å². The molecule has 0 saturated heterocycles. The molecule has 1 N–H and O–H groups in total. The third kappa shape index (κ3) is 3.87.